The van der Waals surface area contributed by atoms with Crippen molar-refractivity contribution in [1.29, 1.82) is 5.26 Å². The molecule has 3 rings (SSSR count). The maximum Gasteiger partial charge on any atom is 0.207 e. The number of aryl methyl sites for hydroxylation is 1. The van der Waals surface area contributed by atoms with Gasteiger partial charge in [-0.25, -0.2) is 15.0 Å². The van der Waals surface area contributed by atoms with Gasteiger partial charge in [-0.15, -0.1) is 0 Å². The Morgan fingerprint density at radius 1 is 1.42 bits per heavy atom. The lowest BCUT2D eigenvalue weighted by Gasteiger charge is -2.10. The molecule has 2 heterocycles. The number of fused-ring (bicyclic) bond motifs is 1. The summed E-state index contributed by atoms with van der Waals surface area (Å²) in [6, 6.07) is 9.40. The Balaban J connectivity index is 2.01. The highest BCUT2D eigenvalue weighted by Gasteiger charge is 2.30. The Labute approximate surface area is 158 Å². The van der Waals surface area contributed by atoms with Crippen molar-refractivity contribution in [3.63, 3.8) is 0 Å². The Bertz CT molecular complexity index is 1010. The number of ketones is 1. The van der Waals surface area contributed by atoms with E-state index in [-0.39, 0.29) is 17.3 Å². The molecule has 0 saturated carbocycles. The van der Waals surface area contributed by atoms with Crippen LogP contribution in [0.25, 0.3) is 11.0 Å². The number of carbonyl (C=O) groups excluding carboxylic acids is 1. The zero-order valence-electron chi connectivity index (χ0n) is 13.8. The highest BCUT2D eigenvalue weighted by Crippen LogP contribution is 2.27. The van der Waals surface area contributed by atoms with E-state index in [9.17, 15) is 10.1 Å². The van der Waals surface area contributed by atoms with Crippen LogP contribution in [0.2, 0.25) is 5.02 Å². The third-order valence-electron chi connectivity index (χ3n) is 3.75. The van der Waals surface area contributed by atoms with Crippen LogP contribution in [0.5, 0.6) is 0 Å². The van der Waals surface area contributed by atoms with Gasteiger partial charge in [0.2, 0.25) is 5.78 Å². The molecule has 0 spiro atoms. The molecule has 1 aromatic carbocycles. The Morgan fingerprint density at radius 2 is 2.19 bits per heavy atom. The number of carbonyl (C=O) groups is 1. The van der Waals surface area contributed by atoms with Gasteiger partial charge in [0.15, 0.2) is 11.1 Å². The molecule has 7 nitrogen and oxygen atoms in total. The first-order chi connectivity index (χ1) is 12.6. The highest BCUT2D eigenvalue weighted by molar-refractivity contribution is 7.99. The fraction of sp³-hybridized carbons (Fsp3) is 0.235. The van der Waals surface area contributed by atoms with Crippen LogP contribution in [0, 0.1) is 11.3 Å². The number of halogens is 1. The molecule has 2 aromatic heterocycles. The lowest BCUT2D eigenvalue weighted by molar-refractivity contribution is 0.0969. The van der Waals surface area contributed by atoms with Crippen molar-refractivity contribution in [2.45, 2.75) is 11.1 Å². The van der Waals surface area contributed by atoms with Gasteiger partial charge in [-0.2, -0.15) is 5.26 Å². The SMILES string of the molecule is Cn1c(C(C#N)C(=O)c2nc(SCCO)ncc2Cl)nc2ccccc21. The lowest BCUT2D eigenvalue weighted by Crippen LogP contribution is -2.18. The molecular weight excluding hydrogens is 374 g/mol. The molecule has 132 valence electrons. The number of imidazole rings is 1. The number of aliphatic hydroxyl groups excluding tert-OH is 1. The Hall–Kier alpha value is -2.47. The average molecular weight is 388 g/mol. The smallest absolute Gasteiger partial charge is 0.207 e. The van der Waals surface area contributed by atoms with E-state index in [0.29, 0.717) is 22.3 Å². The van der Waals surface area contributed by atoms with E-state index in [1.54, 1.807) is 11.6 Å². The highest BCUT2D eigenvalue weighted by atomic mass is 35.5. The topological polar surface area (TPSA) is 105 Å². The van der Waals surface area contributed by atoms with E-state index in [4.69, 9.17) is 16.7 Å². The number of rotatable bonds is 6. The maximum absolute atomic E-state index is 12.9. The Morgan fingerprint density at radius 3 is 2.88 bits per heavy atom. The Kier molecular flexibility index (Phi) is 5.52. The first-order valence-corrected chi connectivity index (χ1v) is 9.04. The third kappa shape index (κ3) is 3.42. The van der Waals surface area contributed by atoms with Crippen molar-refractivity contribution >= 4 is 40.2 Å². The molecule has 0 saturated heterocycles. The predicted molar refractivity (Wildman–Crippen MR) is 98.3 cm³/mol. The first kappa shape index (κ1) is 18.3. The fourth-order valence-electron chi connectivity index (χ4n) is 2.52. The molecule has 1 atom stereocenters. The van der Waals surface area contributed by atoms with Crippen molar-refractivity contribution in [2.75, 3.05) is 12.4 Å². The quantitative estimate of drug-likeness (QED) is 0.393. The second-order valence-corrected chi connectivity index (χ2v) is 6.83. The molecule has 26 heavy (non-hydrogen) atoms. The number of thioether (sulfide) groups is 1. The first-order valence-electron chi connectivity index (χ1n) is 7.68. The van der Waals surface area contributed by atoms with E-state index in [2.05, 4.69) is 15.0 Å². The van der Waals surface area contributed by atoms with Crippen molar-refractivity contribution in [3.8, 4) is 6.07 Å². The molecule has 0 bridgehead atoms. The van der Waals surface area contributed by atoms with Crippen LogP contribution in [0.15, 0.2) is 35.6 Å². The summed E-state index contributed by atoms with van der Waals surface area (Å²) < 4.78 is 1.72. The number of aliphatic hydroxyl groups is 1. The largest absolute Gasteiger partial charge is 0.396 e. The van der Waals surface area contributed by atoms with Crippen LogP contribution in [0.3, 0.4) is 0 Å². The number of Topliss-reactive ketones (excluding diaryl/α,β-unsaturated/α-hetero) is 1. The van der Waals surface area contributed by atoms with Crippen molar-refractivity contribution in [3.05, 3.63) is 47.0 Å². The molecule has 0 aliphatic carbocycles. The standard InChI is InChI=1S/C17H14ClN5O2S/c1-23-13-5-3-2-4-12(13)21-16(23)10(8-19)15(25)14-11(18)9-20-17(22-14)26-7-6-24/h2-5,9-10,24H,6-7H2,1H3. The minimum absolute atomic E-state index is 0.0271. The average Bonchev–Trinajstić information content (AvgIpc) is 2.98. The van der Waals surface area contributed by atoms with Crippen molar-refractivity contribution < 1.29 is 9.90 Å². The van der Waals surface area contributed by atoms with Crippen LogP contribution >= 0.6 is 23.4 Å². The molecule has 0 aliphatic rings. The van der Waals surface area contributed by atoms with E-state index in [0.717, 1.165) is 5.52 Å². The van der Waals surface area contributed by atoms with Gasteiger partial charge in [-0.3, -0.25) is 4.79 Å². The normalized spacial score (nSPS) is 12.1. The minimum Gasteiger partial charge on any atom is -0.396 e. The van der Waals surface area contributed by atoms with Crippen LogP contribution in [-0.2, 0) is 7.05 Å². The van der Waals surface area contributed by atoms with Crippen LogP contribution in [-0.4, -0.2) is 42.8 Å². The van der Waals surface area contributed by atoms with E-state index >= 15 is 0 Å². The zero-order chi connectivity index (χ0) is 18.7. The second kappa shape index (κ2) is 7.83. The van der Waals surface area contributed by atoms with Crippen LogP contribution < -0.4 is 0 Å². The molecule has 1 unspecified atom stereocenters. The molecule has 0 radical (unpaired) electrons. The summed E-state index contributed by atoms with van der Waals surface area (Å²) in [5.74, 6) is -0.959. The molecule has 9 heteroatoms. The number of para-hydroxylation sites is 2. The summed E-state index contributed by atoms with van der Waals surface area (Å²) in [7, 11) is 1.76. The summed E-state index contributed by atoms with van der Waals surface area (Å²) in [4.78, 5) is 25.6. The molecule has 1 N–H and O–H groups in total. The molecular formula is C17H14ClN5O2S. The van der Waals surface area contributed by atoms with Gasteiger partial charge in [-0.05, 0) is 12.1 Å². The molecule has 3 aromatic rings. The third-order valence-corrected chi connectivity index (χ3v) is 4.87. The van der Waals surface area contributed by atoms with Gasteiger partial charge in [-0.1, -0.05) is 35.5 Å². The van der Waals surface area contributed by atoms with E-state index in [1.807, 2.05) is 30.3 Å². The summed E-state index contributed by atoms with van der Waals surface area (Å²) in [6.07, 6.45) is 1.32. The van der Waals surface area contributed by atoms with Gasteiger partial charge >= 0.3 is 0 Å². The van der Waals surface area contributed by atoms with E-state index < -0.39 is 11.7 Å². The lowest BCUT2D eigenvalue weighted by atomic mass is 10.0. The van der Waals surface area contributed by atoms with Crippen molar-refractivity contribution in [1.82, 2.24) is 19.5 Å². The molecule has 0 amide bonds. The van der Waals surface area contributed by atoms with Gasteiger partial charge in [0.1, 0.15) is 11.5 Å². The summed E-state index contributed by atoms with van der Waals surface area (Å²) in [6.45, 7) is -0.0411. The monoisotopic (exact) mass is 387 g/mol. The molecule has 0 fully saturated rings. The minimum atomic E-state index is -1.14. The number of benzene rings is 1. The van der Waals surface area contributed by atoms with Crippen molar-refractivity contribution in [2.24, 2.45) is 7.05 Å². The van der Waals surface area contributed by atoms with Gasteiger partial charge in [0, 0.05) is 12.8 Å². The summed E-state index contributed by atoms with van der Waals surface area (Å²) in [5, 5.41) is 18.9. The maximum atomic E-state index is 12.9. The number of nitriles is 1. The van der Waals surface area contributed by atoms with Gasteiger partial charge in [0.25, 0.3) is 0 Å². The predicted octanol–water partition coefficient (Wildman–Crippen LogP) is 2.59. The number of aromatic nitrogens is 4. The number of nitrogens with zero attached hydrogens (tertiary/aromatic N) is 5. The van der Waals surface area contributed by atoms with E-state index in [1.165, 1.54) is 18.0 Å². The van der Waals surface area contributed by atoms with Crippen LogP contribution in [0.1, 0.15) is 22.2 Å². The second-order valence-electron chi connectivity index (χ2n) is 5.37. The fourth-order valence-corrected chi connectivity index (χ4v) is 3.26. The summed E-state index contributed by atoms with van der Waals surface area (Å²) >= 11 is 7.29. The zero-order valence-corrected chi connectivity index (χ0v) is 15.3. The van der Waals surface area contributed by atoms with Crippen LogP contribution in [0.4, 0.5) is 0 Å². The van der Waals surface area contributed by atoms with Gasteiger partial charge in [0.05, 0.1) is 34.9 Å². The number of hydrogen-bond donors (Lipinski definition) is 1. The summed E-state index contributed by atoms with van der Waals surface area (Å²) in [5.41, 5.74) is 1.50. The number of hydrogen-bond acceptors (Lipinski definition) is 7. The molecule has 0 aliphatic heterocycles. The van der Waals surface area contributed by atoms with Gasteiger partial charge < -0.3 is 9.67 Å².